The number of aromatic nitrogens is 2. The molecule has 3 rings (SSSR count). The minimum Gasteiger partial charge on any atom is -0.478 e. The monoisotopic (exact) mass is 297 g/mol. The summed E-state index contributed by atoms with van der Waals surface area (Å²) in [6.07, 6.45) is 4.05. The quantitative estimate of drug-likeness (QED) is 0.794. The number of rotatable bonds is 4. The summed E-state index contributed by atoms with van der Waals surface area (Å²) in [5.74, 6) is -0.795. The van der Waals surface area contributed by atoms with Crippen molar-refractivity contribution >= 4 is 17.5 Å². The summed E-state index contributed by atoms with van der Waals surface area (Å²) in [7, 11) is 0. The molecule has 1 aliphatic carbocycles. The van der Waals surface area contributed by atoms with Crippen molar-refractivity contribution in [2.75, 3.05) is 5.73 Å². The van der Waals surface area contributed by atoms with Crippen molar-refractivity contribution in [2.45, 2.75) is 19.3 Å². The third kappa shape index (κ3) is 2.63. The van der Waals surface area contributed by atoms with Gasteiger partial charge in [0.1, 0.15) is 0 Å². The maximum absolute atomic E-state index is 12.0. The predicted molar refractivity (Wildman–Crippen MR) is 82.7 cm³/mol. The van der Waals surface area contributed by atoms with Gasteiger partial charge in [-0.3, -0.25) is 9.78 Å². The molecular weight excluding hydrogens is 282 g/mol. The minimum absolute atomic E-state index is 0.141. The topological polar surface area (TPSA) is 109 Å². The number of allylic oxidation sites excluding steroid dienone is 2. The molecule has 0 aliphatic heterocycles. The zero-order valence-corrected chi connectivity index (χ0v) is 11.8. The lowest BCUT2D eigenvalue weighted by Gasteiger charge is -2.06. The van der Waals surface area contributed by atoms with E-state index in [1.54, 1.807) is 24.3 Å². The zero-order valence-electron chi connectivity index (χ0n) is 11.8. The van der Waals surface area contributed by atoms with Crippen LogP contribution in [-0.4, -0.2) is 21.0 Å². The van der Waals surface area contributed by atoms with E-state index in [0.29, 0.717) is 18.4 Å². The van der Waals surface area contributed by atoms with Gasteiger partial charge < -0.3 is 10.8 Å². The van der Waals surface area contributed by atoms with Crippen LogP contribution in [0.25, 0.3) is 5.57 Å². The number of nitrogen functional groups attached to an aromatic ring is 1. The summed E-state index contributed by atoms with van der Waals surface area (Å²) in [6.45, 7) is 0. The average molecular weight is 297 g/mol. The highest BCUT2D eigenvalue weighted by atomic mass is 16.4. The van der Waals surface area contributed by atoms with Crippen LogP contribution in [0.4, 0.5) is 5.95 Å². The molecule has 22 heavy (non-hydrogen) atoms. The van der Waals surface area contributed by atoms with Crippen LogP contribution in [0, 0.1) is 0 Å². The largest absolute Gasteiger partial charge is 0.478 e. The molecule has 0 radical (unpaired) electrons. The Morgan fingerprint density at radius 3 is 2.68 bits per heavy atom. The first kappa shape index (κ1) is 14.1. The summed E-state index contributed by atoms with van der Waals surface area (Å²) in [4.78, 5) is 29.5. The SMILES string of the molecule is Nc1nc2c(c(=O)[nH]1)C(CCc1ccc(C(=O)O)cc1)=CC2. The lowest BCUT2D eigenvalue weighted by molar-refractivity contribution is 0.0697. The van der Waals surface area contributed by atoms with Gasteiger partial charge in [0, 0.05) is 6.42 Å². The van der Waals surface area contributed by atoms with E-state index >= 15 is 0 Å². The number of nitrogens with zero attached hydrogens (tertiary/aromatic N) is 1. The molecule has 0 saturated heterocycles. The highest BCUT2D eigenvalue weighted by Gasteiger charge is 2.19. The second-order valence-electron chi connectivity index (χ2n) is 5.21. The average Bonchev–Trinajstić information content (AvgIpc) is 2.88. The second-order valence-corrected chi connectivity index (χ2v) is 5.21. The van der Waals surface area contributed by atoms with E-state index in [9.17, 15) is 9.59 Å². The Morgan fingerprint density at radius 2 is 2.00 bits per heavy atom. The van der Waals surface area contributed by atoms with Gasteiger partial charge in [-0.05, 0) is 36.1 Å². The maximum atomic E-state index is 12.0. The van der Waals surface area contributed by atoms with Gasteiger partial charge in [-0.1, -0.05) is 18.2 Å². The normalized spacial score (nSPS) is 12.8. The molecule has 1 aromatic carbocycles. The van der Waals surface area contributed by atoms with E-state index in [1.807, 2.05) is 6.08 Å². The third-order valence-electron chi connectivity index (χ3n) is 3.76. The number of aryl methyl sites for hydroxylation is 1. The van der Waals surface area contributed by atoms with Gasteiger partial charge >= 0.3 is 5.97 Å². The van der Waals surface area contributed by atoms with Gasteiger partial charge in [0.05, 0.1) is 16.8 Å². The molecule has 0 amide bonds. The van der Waals surface area contributed by atoms with Crippen LogP contribution in [0.15, 0.2) is 35.1 Å². The molecule has 0 saturated carbocycles. The van der Waals surface area contributed by atoms with Gasteiger partial charge in [0.25, 0.3) is 5.56 Å². The Kier molecular flexibility index (Phi) is 3.50. The summed E-state index contributed by atoms with van der Waals surface area (Å²) < 4.78 is 0. The standard InChI is InChI=1S/C16H15N3O3/c17-16-18-12-8-7-10(13(12)14(20)19-16)4-1-9-2-5-11(6-3-9)15(21)22/h2-3,5-7H,1,4,8H2,(H,21,22)(H3,17,18,19,20). The molecule has 0 bridgehead atoms. The summed E-state index contributed by atoms with van der Waals surface area (Å²) >= 11 is 0. The highest BCUT2D eigenvalue weighted by Crippen LogP contribution is 2.27. The molecule has 4 N–H and O–H groups in total. The van der Waals surface area contributed by atoms with E-state index in [0.717, 1.165) is 23.3 Å². The number of benzene rings is 1. The molecule has 0 atom stereocenters. The number of nitrogens with one attached hydrogen (secondary N) is 1. The van der Waals surface area contributed by atoms with Crippen LogP contribution in [0.3, 0.4) is 0 Å². The number of carboxylic acids is 1. The molecule has 1 aromatic heterocycles. The zero-order chi connectivity index (χ0) is 15.7. The molecule has 0 unspecified atom stereocenters. The van der Waals surface area contributed by atoms with E-state index in [4.69, 9.17) is 10.8 Å². The summed E-state index contributed by atoms with van der Waals surface area (Å²) in [5, 5.41) is 8.88. The van der Waals surface area contributed by atoms with E-state index in [-0.39, 0.29) is 17.1 Å². The number of carbonyl (C=O) groups is 1. The lowest BCUT2D eigenvalue weighted by atomic mass is 10.0. The predicted octanol–water partition coefficient (Wildman–Crippen LogP) is 1.62. The molecule has 6 heteroatoms. The van der Waals surface area contributed by atoms with E-state index < -0.39 is 5.97 Å². The number of hydrogen-bond donors (Lipinski definition) is 3. The number of anilines is 1. The van der Waals surface area contributed by atoms with Crippen LogP contribution < -0.4 is 11.3 Å². The first-order valence-corrected chi connectivity index (χ1v) is 6.95. The van der Waals surface area contributed by atoms with Gasteiger partial charge in [-0.2, -0.15) is 0 Å². The Hall–Kier alpha value is -2.89. The fourth-order valence-electron chi connectivity index (χ4n) is 2.66. The molecule has 2 aromatic rings. The molecule has 1 heterocycles. The highest BCUT2D eigenvalue weighted by molar-refractivity contribution is 5.87. The Balaban J connectivity index is 1.74. The molecule has 112 valence electrons. The fourth-order valence-corrected chi connectivity index (χ4v) is 2.66. The van der Waals surface area contributed by atoms with Crippen molar-refractivity contribution in [3.05, 3.63) is 63.1 Å². The smallest absolute Gasteiger partial charge is 0.335 e. The van der Waals surface area contributed by atoms with Gasteiger partial charge in [0.2, 0.25) is 5.95 Å². The van der Waals surface area contributed by atoms with Gasteiger partial charge in [-0.25, -0.2) is 9.78 Å². The molecule has 0 fully saturated rings. The number of nitrogens with two attached hydrogens (primary N) is 1. The fraction of sp³-hybridized carbons (Fsp3) is 0.188. The molecular formula is C16H15N3O3. The van der Waals surface area contributed by atoms with Crippen LogP contribution >= 0.6 is 0 Å². The van der Waals surface area contributed by atoms with Crippen molar-refractivity contribution in [1.29, 1.82) is 0 Å². The first-order chi connectivity index (χ1) is 10.5. The number of hydrogen-bond acceptors (Lipinski definition) is 4. The molecule has 6 nitrogen and oxygen atoms in total. The van der Waals surface area contributed by atoms with Crippen LogP contribution in [-0.2, 0) is 12.8 Å². The third-order valence-corrected chi connectivity index (χ3v) is 3.76. The van der Waals surface area contributed by atoms with Crippen molar-refractivity contribution < 1.29 is 9.90 Å². The molecule has 0 spiro atoms. The lowest BCUT2D eigenvalue weighted by Crippen LogP contribution is -2.17. The van der Waals surface area contributed by atoms with Gasteiger partial charge in [0.15, 0.2) is 0 Å². The Morgan fingerprint density at radius 1 is 1.27 bits per heavy atom. The summed E-state index contributed by atoms with van der Waals surface area (Å²) in [6, 6.07) is 6.77. The van der Waals surface area contributed by atoms with E-state index in [1.165, 1.54) is 0 Å². The van der Waals surface area contributed by atoms with E-state index in [2.05, 4.69) is 9.97 Å². The van der Waals surface area contributed by atoms with Gasteiger partial charge in [-0.15, -0.1) is 0 Å². The second kappa shape index (κ2) is 5.48. The van der Waals surface area contributed by atoms with Crippen molar-refractivity contribution in [3.8, 4) is 0 Å². The molecule has 1 aliphatic rings. The van der Waals surface area contributed by atoms with Crippen LogP contribution in [0.2, 0.25) is 0 Å². The number of aromatic amines is 1. The Bertz CT molecular complexity index is 820. The van der Waals surface area contributed by atoms with Crippen LogP contribution in [0.5, 0.6) is 0 Å². The first-order valence-electron chi connectivity index (χ1n) is 6.95. The number of H-pyrrole nitrogens is 1. The number of carboxylic acid groups (broad SMARTS) is 1. The maximum Gasteiger partial charge on any atom is 0.335 e. The summed E-state index contributed by atoms with van der Waals surface area (Å²) in [5.41, 5.74) is 8.94. The van der Waals surface area contributed by atoms with Crippen molar-refractivity contribution in [1.82, 2.24) is 9.97 Å². The van der Waals surface area contributed by atoms with Crippen LogP contribution in [0.1, 0.15) is 33.6 Å². The van der Waals surface area contributed by atoms with Crippen molar-refractivity contribution in [2.24, 2.45) is 0 Å². The minimum atomic E-state index is -0.936. The number of aromatic carboxylic acids is 1. The van der Waals surface area contributed by atoms with Crippen molar-refractivity contribution in [3.63, 3.8) is 0 Å². The number of fused-ring (bicyclic) bond motifs is 1. The Labute approximate surface area is 126 Å².